The first kappa shape index (κ1) is 25.6. The Morgan fingerprint density at radius 2 is 1.89 bits per heavy atom. The fourth-order valence-electron chi connectivity index (χ4n) is 2.76. The topological polar surface area (TPSA) is 180 Å². The molecule has 0 unspecified atom stereocenters. The fraction of sp³-hybridized carbons (Fsp3) is 0.278. The van der Waals surface area contributed by atoms with Gasteiger partial charge in [-0.05, 0) is 12.1 Å². The van der Waals surface area contributed by atoms with Gasteiger partial charge in [0.2, 0.25) is 11.9 Å². The summed E-state index contributed by atoms with van der Waals surface area (Å²) in [5.74, 6) is -0.990. The SMILES string of the molecule is COc1c(OCCNS(=O)(=O)C(F)(F)F)ccc2c(=O)n(C)c(NC(=O)c3cnc(N)nc3)nc12. The molecule has 0 aliphatic heterocycles. The molecule has 3 rings (SSSR count). The van der Waals surface area contributed by atoms with Crippen molar-refractivity contribution in [3.63, 3.8) is 0 Å². The Labute approximate surface area is 195 Å². The summed E-state index contributed by atoms with van der Waals surface area (Å²) >= 11 is 0. The molecule has 0 aliphatic rings. The second kappa shape index (κ2) is 9.71. The summed E-state index contributed by atoms with van der Waals surface area (Å²) in [6.07, 6.45) is 2.35. The molecule has 3 aromatic rings. The van der Waals surface area contributed by atoms with Crippen LogP contribution in [0.3, 0.4) is 0 Å². The van der Waals surface area contributed by atoms with E-state index < -0.39 is 40.1 Å². The molecular formula is C18H18F3N7O6S. The van der Waals surface area contributed by atoms with Gasteiger partial charge in [-0.3, -0.25) is 19.5 Å². The number of sulfonamides is 1. The molecule has 0 spiro atoms. The molecule has 35 heavy (non-hydrogen) atoms. The predicted octanol–water partition coefficient (Wildman–Crippen LogP) is 0.385. The van der Waals surface area contributed by atoms with Crippen LogP contribution in [0.2, 0.25) is 0 Å². The molecule has 0 atom stereocenters. The number of fused-ring (bicyclic) bond motifs is 1. The first-order valence-corrected chi connectivity index (χ1v) is 11.0. The van der Waals surface area contributed by atoms with Crippen LogP contribution in [0.5, 0.6) is 11.5 Å². The highest BCUT2D eigenvalue weighted by atomic mass is 32.2. The maximum atomic E-state index is 12.8. The van der Waals surface area contributed by atoms with Gasteiger partial charge in [-0.1, -0.05) is 0 Å². The van der Waals surface area contributed by atoms with Crippen LogP contribution in [-0.2, 0) is 17.1 Å². The smallest absolute Gasteiger partial charge is 0.491 e. The number of nitrogens with zero attached hydrogens (tertiary/aromatic N) is 4. The summed E-state index contributed by atoms with van der Waals surface area (Å²) in [6, 6.07) is 2.65. The Morgan fingerprint density at radius 3 is 2.49 bits per heavy atom. The number of alkyl halides is 3. The molecule has 1 aromatic carbocycles. The number of halogens is 3. The van der Waals surface area contributed by atoms with E-state index in [-0.39, 0.29) is 39.9 Å². The van der Waals surface area contributed by atoms with E-state index in [4.69, 9.17) is 15.2 Å². The van der Waals surface area contributed by atoms with Gasteiger partial charge in [-0.2, -0.15) is 13.2 Å². The highest BCUT2D eigenvalue weighted by molar-refractivity contribution is 7.90. The molecule has 0 aliphatic carbocycles. The van der Waals surface area contributed by atoms with Crippen LogP contribution in [0.25, 0.3) is 10.9 Å². The standard InChI is InChI=1S/C18H18F3N7O6S/c1-28-15(30)10-3-4-11(34-6-5-25-35(31,32)18(19,20)21)13(33-2)12(10)26-17(28)27-14(29)9-7-23-16(22)24-8-9/h3-4,7-8,25H,5-6H2,1-2H3,(H2,22,23,24)(H,26,27,29). The van der Waals surface area contributed by atoms with E-state index in [0.717, 1.165) is 4.57 Å². The van der Waals surface area contributed by atoms with Crippen molar-refractivity contribution in [2.75, 3.05) is 31.3 Å². The number of carbonyl (C=O) groups is 1. The van der Waals surface area contributed by atoms with Gasteiger partial charge < -0.3 is 15.2 Å². The lowest BCUT2D eigenvalue weighted by Gasteiger charge is -2.15. The quantitative estimate of drug-likeness (QED) is 0.354. The van der Waals surface area contributed by atoms with Gasteiger partial charge in [-0.25, -0.2) is 28.1 Å². The normalized spacial score (nSPS) is 11.9. The molecule has 0 bridgehead atoms. The van der Waals surface area contributed by atoms with Crippen molar-refractivity contribution in [1.82, 2.24) is 24.2 Å². The average Bonchev–Trinajstić information content (AvgIpc) is 2.79. The Bertz CT molecular complexity index is 1430. The Morgan fingerprint density at radius 1 is 1.23 bits per heavy atom. The van der Waals surface area contributed by atoms with E-state index in [9.17, 15) is 31.2 Å². The minimum atomic E-state index is -5.53. The summed E-state index contributed by atoms with van der Waals surface area (Å²) in [6.45, 7) is -1.19. The van der Waals surface area contributed by atoms with Crippen LogP contribution in [0.1, 0.15) is 10.4 Å². The van der Waals surface area contributed by atoms with Crippen LogP contribution in [0.15, 0.2) is 29.3 Å². The number of nitrogens with two attached hydrogens (primary N) is 1. The number of rotatable bonds is 8. The van der Waals surface area contributed by atoms with Gasteiger partial charge in [0.25, 0.3) is 11.5 Å². The van der Waals surface area contributed by atoms with Crippen molar-refractivity contribution in [2.45, 2.75) is 5.51 Å². The number of benzene rings is 1. The first-order chi connectivity index (χ1) is 16.4. The van der Waals surface area contributed by atoms with Gasteiger partial charge in [0.05, 0.1) is 18.1 Å². The molecule has 0 radical (unpaired) electrons. The van der Waals surface area contributed by atoms with Crippen LogP contribution < -0.4 is 30.8 Å². The molecule has 17 heteroatoms. The molecule has 0 saturated heterocycles. The lowest BCUT2D eigenvalue weighted by atomic mass is 10.2. The molecule has 13 nitrogen and oxygen atoms in total. The molecule has 188 valence electrons. The van der Waals surface area contributed by atoms with E-state index >= 15 is 0 Å². The third-order valence-corrected chi connectivity index (χ3v) is 5.68. The monoisotopic (exact) mass is 517 g/mol. The summed E-state index contributed by atoms with van der Waals surface area (Å²) in [5.41, 5.74) is -0.601. The average molecular weight is 517 g/mol. The molecule has 4 N–H and O–H groups in total. The largest absolute Gasteiger partial charge is 0.511 e. The van der Waals surface area contributed by atoms with E-state index in [0.29, 0.717) is 0 Å². The number of carbonyl (C=O) groups excluding carboxylic acids is 1. The number of hydrogen-bond acceptors (Lipinski definition) is 10. The lowest BCUT2D eigenvalue weighted by Crippen LogP contribution is -2.38. The van der Waals surface area contributed by atoms with Gasteiger partial charge in [0, 0.05) is 26.0 Å². The number of methoxy groups -OCH3 is 1. The maximum Gasteiger partial charge on any atom is 0.511 e. The highest BCUT2D eigenvalue weighted by Crippen LogP contribution is 2.33. The Hall–Kier alpha value is -3.99. The van der Waals surface area contributed by atoms with E-state index in [1.54, 1.807) is 0 Å². The van der Waals surface area contributed by atoms with Crippen LogP contribution in [0, 0.1) is 0 Å². The Kier molecular flexibility index (Phi) is 7.11. The zero-order chi connectivity index (χ0) is 26.0. The minimum absolute atomic E-state index is 0.0205. The lowest BCUT2D eigenvalue weighted by molar-refractivity contribution is -0.0448. The second-order valence-corrected chi connectivity index (χ2v) is 8.53. The van der Waals surface area contributed by atoms with Crippen molar-refractivity contribution < 1.29 is 35.9 Å². The predicted molar refractivity (Wildman–Crippen MR) is 116 cm³/mol. The maximum absolute atomic E-state index is 12.8. The molecule has 2 aromatic heterocycles. The van der Waals surface area contributed by atoms with Crippen LogP contribution in [-0.4, -0.2) is 59.6 Å². The zero-order valence-electron chi connectivity index (χ0n) is 18.1. The van der Waals surface area contributed by atoms with Crippen molar-refractivity contribution >= 4 is 38.7 Å². The van der Waals surface area contributed by atoms with Gasteiger partial charge in [0.15, 0.2) is 11.5 Å². The van der Waals surface area contributed by atoms with E-state index in [1.165, 1.54) is 43.4 Å². The summed E-state index contributed by atoms with van der Waals surface area (Å²) in [7, 11) is -2.93. The third-order valence-electron chi connectivity index (χ3n) is 4.49. The summed E-state index contributed by atoms with van der Waals surface area (Å²) in [5, 5.41) is 2.53. The molecule has 2 heterocycles. The highest BCUT2D eigenvalue weighted by Gasteiger charge is 2.45. The van der Waals surface area contributed by atoms with Crippen LogP contribution >= 0.6 is 0 Å². The molecule has 1 amide bonds. The fourth-order valence-corrected chi connectivity index (χ4v) is 3.28. The van der Waals surface area contributed by atoms with E-state index in [1.807, 2.05) is 0 Å². The van der Waals surface area contributed by atoms with Crippen molar-refractivity contribution in [3.8, 4) is 11.5 Å². The van der Waals surface area contributed by atoms with Crippen molar-refractivity contribution in [3.05, 3.63) is 40.4 Å². The number of anilines is 2. The Balaban J connectivity index is 1.88. The molecule has 0 fully saturated rings. The number of nitrogens with one attached hydrogen (secondary N) is 2. The number of nitrogen functional groups attached to an aromatic ring is 1. The second-order valence-electron chi connectivity index (χ2n) is 6.77. The number of aromatic nitrogens is 4. The van der Waals surface area contributed by atoms with Crippen molar-refractivity contribution in [1.29, 1.82) is 0 Å². The zero-order valence-corrected chi connectivity index (χ0v) is 18.9. The van der Waals surface area contributed by atoms with Gasteiger partial charge in [0.1, 0.15) is 12.1 Å². The van der Waals surface area contributed by atoms with Crippen molar-refractivity contribution in [2.24, 2.45) is 7.05 Å². The van der Waals surface area contributed by atoms with Gasteiger partial charge >= 0.3 is 15.5 Å². The number of ether oxygens (including phenoxy) is 2. The summed E-state index contributed by atoms with van der Waals surface area (Å²) in [4.78, 5) is 37.0. The molecule has 0 saturated carbocycles. The first-order valence-electron chi connectivity index (χ1n) is 9.51. The summed E-state index contributed by atoms with van der Waals surface area (Å²) < 4.78 is 72.4. The minimum Gasteiger partial charge on any atom is -0.491 e. The number of amides is 1. The molecular weight excluding hydrogens is 499 g/mol. The van der Waals surface area contributed by atoms with Crippen LogP contribution in [0.4, 0.5) is 25.1 Å². The van der Waals surface area contributed by atoms with Gasteiger partial charge in [-0.15, -0.1) is 0 Å². The van der Waals surface area contributed by atoms with E-state index in [2.05, 4.69) is 20.3 Å². The third kappa shape index (κ3) is 5.40. The number of hydrogen-bond donors (Lipinski definition) is 3.